The quantitative estimate of drug-likeness (QED) is 0.764. The fourth-order valence-electron chi connectivity index (χ4n) is 1.27. The highest BCUT2D eigenvalue weighted by Gasteiger charge is 2.15. The van der Waals surface area contributed by atoms with E-state index < -0.39 is 23.3 Å². The molecular formula is C11H12FNO4. The zero-order chi connectivity index (χ0) is 12.8. The van der Waals surface area contributed by atoms with E-state index >= 15 is 0 Å². The van der Waals surface area contributed by atoms with Gasteiger partial charge in [0.05, 0.1) is 12.3 Å². The molecule has 2 N–H and O–H groups in total. The number of nitrogens with one attached hydrogen (secondary N) is 1. The molecule has 0 aliphatic heterocycles. The molecule has 5 nitrogen and oxygen atoms in total. The van der Waals surface area contributed by atoms with E-state index in [9.17, 15) is 14.0 Å². The largest absolute Gasteiger partial charge is 0.478 e. The van der Waals surface area contributed by atoms with Crippen LogP contribution in [0.4, 0.5) is 10.1 Å². The second kappa shape index (κ2) is 5.83. The lowest BCUT2D eigenvalue weighted by Crippen LogP contribution is -2.18. The van der Waals surface area contributed by atoms with Crippen molar-refractivity contribution in [3.05, 3.63) is 29.6 Å². The zero-order valence-electron chi connectivity index (χ0n) is 9.20. The molecule has 0 radical (unpaired) electrons. The molecule has 1 aromatic carbocycles. The van der Waals surface area contributed by atoms with E-state index in [1.165, 1.54) is 12.1 Å². The standard InChI is InChI=1S/C11H12FNO4/c1-2-17-9(14)6-13-8-5-3-4-7(12)10(8)11(15)16/h3-5,13H,2,6H2,1H3,(H,15,16). The Labute approximate surface area is 97.2 Å². The molecule has 0 unspecified atom stereocenters. The van der Waals surface area contributed by atoms with E-state index in [-0.39, 0.29) is 18.8 Å². The molecule has 0 saturated carbocycles. The Morgan fingerprint density at radius 3 is 2.76 bits per heavy atom. The van der Waals surface area contributed by atoms with E-state index in [0.717, 1.165) is 6.07 Å². The summed E-state index contributed by atoms with van der Waals surface area (Å²) in [5.74, 6) is -2.78. The van der Waals surface area contributed by atoms with Gasteiger partial charge < -0.3 is 15.2 Å². The minimum atomic E-state index is -1.39. The molecule has 0 fully saturated rings. The average molecular weight is 241 g/mol. The van der Waals surface area contributed by atoms with Crippen molar-refractivity contribution in [2.45, 2.75) is 6.92 Å². The van der Waals surface area contributed by atoms with E-state index in [0.29, 0.717) is 0 Å². The maximum Gasteiger partial charge on any atom is 0.340 e. The summed E-state index contributed by atoms with van der Waals surface area (Å²) >= 11 is 0. The Morgan fingerprint density at radius 1 is 1.47 bits per heavy atom. The van der Waals surface area contributed by atoms with Gasteiger partial charge in [-0.2, -0.15) is 0 Å². The van der Waals surface area contributed by atoms with Crippen molar-refractivity contribution in [2.75, 3.05) is 18.5 Å². The van der Waals surface area contributed by atoms with Crippen molar-refractivity contribution in [3.63, 3.8) is 0 Å². The monoisotopic (exact) mass is 241 g/mol. The van der Waals surface area contributed by atoms with Crippen LogP contribution in [0.5, 0.6) is 0 Å². The second-order valence-corrected chi connectivity index (χ2v) is 3.13. The Bertz CT molecular complexity index is 433. The van der Waals surface area contributed by atoms with Crippen molar-refractivity contribution in [3.8, 4) is 0 Å². The number of carbonyl (C=O) groups excluding carboxylic acids is 1. The van der Waals surface area contributed by atoms with Crippen molar-refractivity contribution in [1.29, 1.82) is 0 Å². The zero-order valence-corrected chi connectivity index (χ0v) is 9.20. The van der Waals surface area contributed by atoms with Crippen LogP contribution in [0.25, 0.3) is 0 Å². The van der Waals surface area contributed by atoms with Crippen LogP contribution in [-0.4, -0.2) is 30.2 Å². The second-order valence-electron chi connectivity index (χ2n) is 3.13. The SMILES string of the molecule is CCOC(=O)CNc1cccc(F)c1C(=O)O. The first kappa shape index (κ1) is 13.0. The van der Waals surface area contributed by atoms with Crippen molar-refractivity contribution in [2.24, 2.45) is 0 Å². The number of benzene rings is 1. The summed E-state index contributed by atoms with van der Waals surface area (Å²) in [6.07, 6.45) is 0. The Kier molecular flexibility index (Phi) is 4.45. The number of rotatable bonds is 5. The third-order valence-corrected chi connectivity index (χ3v) is 1.96. The van der Waals surface area contributed by atoms with Gasteiger partial charge in [0.2, 0.25) is 0 Å². The average Bonchev–Trinajstić information content (AvgIpc) is 2.26. The van der Waals surface area contributed by atoms with Crippen LogP contribution in [0.2, 0.25) is 0 Å². The van der Waals surface area contributed by atoms with Gasteiger partial charge in [-0.25, -0.2) is 9.18 Å². The molecule has 0 aliphatic carbocycles. The Morgan fingerprint density at radius 2 is 2.18 bits per heavy atom. The number of carboxylic acids is 1. The minimum absolute atomic E-state index is 0.0468. The van der Waals surface area contributed by atoms with E-state index in [2.05, 4.69) is 10.1 Å². The first-order valence-corrected chi connectivity index (χ1v) is 4.97. The highest BCUT2D eigenvalue weighted by atomic mass is 19.1. The molecule has 0 heterocycles. The predicted octanol–water partition coefficient (Wildman–Crippen LogP) is 1.50. The summed E-state index contributed by atoms with van der Waals surface area (Å²) in [7, 11) is 0. The summed E-state index contributed by atoms with van der Waals surface area (Å²) in [6.45, 7) is 1.68. The van der Waals surface area contributed by atoms with Crippen LogP contribution in [0, 0.1) is 5.82 Å². The van der Waals surface area contributed by atoms with Crippen molar-refractivity contribution >= 4 is 17.6 Å². The van der Waals surface area contributed by atoms with Crippen molar-refractivity contribution in [1.82, 2.24) is 0 Å². The van der Waals surface area contributed by atoms with E-state index in [1.807, 2.05) is 0 Å². The number of hydrogen-bond donors (Lipinski definition) is 2. The van der Waals surface area contributed by atoms with Gasteiger partial charge in [-0.15, -0.1) is 0 Å². The Balaban J connectivity index is 2.81. The maximum atomic E-state index is 13.2. The van der Waals surface area contributed by atoms with Gasteiger partial charge in [-0.1, -0.05) is 6.07 Å². The number of halogens is 1. The summed E-state index contributed by atoms with van der Waals surface area (Å²) in [6, 6.07) is 3.78. The molecule has 0 aromatic heterocycles. The Hall–Kier alpha value is -2.11. The molecule has 1 aromatic rings. The highest BCUT2D eigenvalue weighted by molar-refractivity contribution is 5.95. The van der Waals surface area contributed by atoms with Gasteiger partial charge in [-0.3, -0.25) is 4.79 Å². The molecule has 0 bridgehead atoms. The van der Waals surface area contributed by atoms with Crippen LogP contribution < -0.4 is 5.32 Å². The van der Waals surface area contributed by atoms with E-state index in [1.54, 1.807) is 6.92 Å². The van der Waals surface area contributed by atoms with Gasteiger partial charge >= 0.3 is 11.9 Å². The predicted molar refractivity (Wildman–Crippen MR) is 58.5 cm³/mol. The van der Waals surface area contributed by atoms with Gasteiger partial charge in [-0.05, 0) is 19.1 Å². The number of esters is 1. The fourth-order valence-corrected chi connectivity index (χ4v) is 1.27. The van der Waals surface area contributed by atoms with Gasteiger partial charge in [0, 0.05) is 0 Å². The number of carbonyl (C=O) groups is 2. The topological polar surface area (TPSA) is 75.6 Å². The first-order valence-electron chi connectivity index (χ1n) is 4.97. The maximum absolute atomic E-state index is 13.2. The first-order chi connectivity index (χ1) is 8.06. The van der Waals surface area contributed by atoms with Crippen LogP contribution in [0.15, 0.2) is 18.2 Å². The van der Waals surface area contributed by atoms with Crippen LogP contribution in [-0.2, 0) is 9.53 Å². The van der Waals surface area contributed by atoms with Crippen LogP contribution in [0.3, 0.4) is 0 Å². The van der Waals surface area contributed by atoms with Crippen molar-refractivity contribution < 1.29 is 23.8 Å². The number of hydrogen-bond acceptors (Lipinski definition) is 4. The number of anilines is 1. The lowest BCUT2D eigenvalue weighted by Gasteiger charge is -2.09. The molecular weight excluding hydrogens is 229 g/mol. The van der Waals surface area contributed by atoms with Crippen LogP contribution in [0.1, 0.15) is 17.3 Å². The number of ether oxygens (including phenoxy) is 1. The van der Waals surface area contributed by atoms with Gasteiger partial charge in [0.15, 0.2) is 0 Å². The van der Waals surface area contributed by atoms with Crippen LogP contribution >= 0.6 is 0 Å². The lowest BCUT2D eigenvalue weighted by molar-refractivity contribution is -0.140. The summed E-state index contributed by atoms with van der Waals surface area (Å²) in [5.41, 5.74) is -0.442. The molecule has 1 rings (SSSR count). The van der Waals surface area contributed by atoms with Gasteiger partial charge in [0.1, 0.15) is 17.9 Å². The normalized spacial score (nSPS) is 9.76. The third-order valence-electron chi connectivity index (χ3n) is 1.96. The third kappa shape index (κ3) is 3.44. The summed E-state index contributed by atoms with van der Waals surface area (Å²) in [5, 5.41) is 11.3. The van der Waals surface area contributed by atoms with E-state index in [4.69, 9.17) is 5.11 Å². The summed E-state index contributed by atoms with van der Waals surface area (Å²) < 4.78 is 17.9. The number of carboxylic acid groups (broad SMARTS) is 1. The molecule has 0 saturated heterocycles. The molecule has 0 atom stereocenters. The molecule has 0 amide bonds. The van der Waals surface area contributed by atoms with Gasteiger partial charge in [0.25, 0.3) is 0 Å². The number of aromatic carboxylic acids is 1. The minimum Gasteiger partial charge on any atom is -0.478 e. The molecule has 17 heavy (non-hydrogen) atoms. The fraction of sp³-hybridized carbons (Fsp3) is 0.273. The molecule has 6 heteroatoms. The molecule has 0 spiro atoms. The summed E-state index contributed by atoms with van der Waals surface area (Å²) in [4.78, 5) is 21.9. The smallest absolute Gasteiger partial charge is 0.340 e. The highest BCUT2D eigenvalue weighted by Crippen LogP contribution is 2.18. The lowest BCUT2D eigenvalue weighted by atomic mass is 10.1. The molecule has 0 aliphatic rings. The molecule has 92 valence electrons.